The molecule has 134 valence electrons. The van der Waals surface area contributed by atoms with Crippen LogP contribution in [0.3, 0.4) is 0 Å². The maximum Gasteiger partial charge on any atom is 0.251 e. The van der Waals surface area contributed by atoms with Crippen LogP contribution in [0.4, 0.5) is 4.39 Å². The Balaban J connectivity index is 1.25. The lowest BCUT2D eigenvalue weighted by atomic mass is 9.86. The highest BCUT2D eigenvalue weighted by atomic mass is 35.5. The fourth-order valence-electron chi connectivity index (χ4n) is 3.34. The molecule has 3 N–H and O–H groups in total. The molecule has 4 nitrogen and oxygen atoms in total. The number of benzene rings is 2. The second-order valence-electron chi connectivity index (χ2n) is 6.76. The first-order valence-electron chi connectivity index (χ1n) is 8.64. The van der Waals surface area contributed by atoms with Gasteiger partial charge in [-0.15, -0.1) is 0 Å². The van der Waals surface area contributed by atoms with Gasteiger partial charge in [0.25, 0.3) is 5.91 Å². The van der Waals surface area contributed by atoms with Gasteiger partial charge < -0.3 is 15.6 Å². The first-order valence-corrected chi connectivity index (χ1v) is 9.01. The molecule has 26 heavy (non-hydrogen) atoms. The van der Waals surface area contributed by atoms with Crippen LogP contribution < -0.4 is 10.6 Å². The molecule has 0 saturated heterocycles. The van der Waals surface area contributed by atoms with Crippen molar-refractivity contribution in [2.75, 3.05) is 0 Å². The normalized spacial score (nSPS) is 19.3. The van der Waals surface area contributed by atoms with Crippen molar-refractivity contribution in [3.63, 3.8) is 0 Å². The molecule has 3 aromatic rings. The summed E-state index contributed by atoms with van der Waals surface area (Å²) in [5.41, 5.74) is 2.54. The fraction of sp³-hybridized carbons (Fsp3) is 0.250. The number of hydrogen-bond acceptors (Lipinski definition) is 2. The van der Waals surface area contributed by atoms with Gasteiger partial charge in [-0.1, -0.05) is 29.8 Å². The van der Waals surface area contributed by atoms with Gasteiger partial charge in [-0.3, -0.25) is 4.79 Å². The van der Waals surface area contributed by atoms with Gasteiger partial charge in [0.2, 0.25) is 0 Å². The van der Waals surface area contributed by atoms with E-state index in [2.05, 4.69) is 33.8 Å². The van der Waals surface area contributed by atoms with Gasteiger partial charge in [0.05, 0.1) is 0 Å². The Morgan fingerprint density at radius 2 is 1.96 bits per heavy atom. The Morgan fingerprint density at radius 1 is 1.15 bits per heavy atom. The molecule has 1 amide bonds. The zero-order valence-electron chi connectivity index (χ0n) is 14.1. The number of fused-ring (bicyclic) bond motifs is 1. The van der Waals surface area contributed by atoms with Crippen LogP contribution in [0.2, 0.25) is 5.02 Å². The average molecular weight is 372 g/mol. The number of carbonyl (C=O) groups excluding carboxylic acids is 1. The molecule has 1 aliphatic carbocycles. The summed E-state index contributed by atoms with van der Waals surface area (Å²) >= 11 is 5.80. The second kappa shape index (κ2) is 7.09. The summed E-state index contributed by atoms with van der Waals surface area (Å²) in [7, 11) is 0. The minimum Gasteiger partial charge on any atom is -0.357 e. The number of para-hydroxylation sites is 1. The van der Waals surface area contributed by atoms with Crippen LogP contribution in [0.15, 0.2) is 48.5 Å². The summed E-state index contributed by atoms with van der Waals surface area (Å²) in [5, 5.41) is 7.85. The van der Waals surface area contributed by atoms with Crippen molar-refractivity contribution in [2.24, 2.45) is 0 Å². The summed E-state index contributed by atoms with van der Waals surface area (Å²) < 4.78 is 13.3. The van der Waals surface area contributed by atoms with Crippen LogP contribution in [0.5, 0.6) is 0 Å². The number of aromatic amines is 1. The van der Waals surface area contributed by atoms with Crippen molar-refractivity contribution in [3.8, 4) is 0 Å². The van der Waals surface area contributed by atoms with Crippen LogP contribution in [0.25, 0.3) is 10.9 Å². The van der Waals surface area contributed by atoms with E-state index in [0.717, 1.165) is 30.6 Å². The average Bonchev–Trinajstić information content (AvgIpc) is 2.98. The van der Waals surface area contributed by atoms with Gasteiger partial charge >= 0.3 is 0 Å². The van der Waals surface area contributed by atoms with E-state index >= 15 is 0 Å². The van der Waals surface area contributed by atoms with E-state index in [-0.39, 0.29) is 22.5 Å². The minimum atomic E-state index is -0.505. The Morgan fingerprint density at radius 3 is 2.73 bits per heavy atom. The molecule has 6 heteroatoms. The van der Waals surface area contributed by atoms with Crippen molar-refractivity contribution in [2.45, 2.75) is 31.5 Å². The molecule has 0 spiro atoms. The van der Waals surface area contributed by atoms with E-state index in [0.29, 0.717) is 6.04 Å². The molecule has 0 aliphatic heterocycles. The number of hydrogen-bond donors (Lipinski definition) is 3. The fourth-order valence-corrected chi connectivity index (χ4v) is 3.56. The number of amides is 1. The molecule has 0 atom stereocenters. The van der Waals surface area contributed by atoms with E-state index in [1.54, 1.807) is 0 Å². The number of aromatic nitrogens is 1. The van der Waals surface area contributed by atoms with Gasteiger partial charge in [0.15, 0.2) is 0 Å². The predicted molar refractivity (Wildman–Crippen MR) is 101 cm³/mol. The standard InChI is InChI=1S/C20H19ClFN3O/c21-14-5-13(6-15(22)8-14)20(26)25-17-9-16(10-17)23-11-18-7-12-3-1-2-4-19(12)24-18/h1-8,16-17,23-24H,9-11H2,(H,25,26). The molecule has 1 aromatic heterocycles. The van der Waals surface area contributed by atoms with Crippen molar-refractivity contribution in [3.05, 3.63) is 70.6 Å². The Kier molecular flexibility index (Phi) is 4.66. The van der Waals surface area contributed by atoms with Crippen molar-refractivity contribution >= 4 is 28.4 Å². The maximum atomic E-state index is 13.3. The van der Waals surface area contributed by atoms with Crippen molar-refractivity contribution in [1.82, 2.24) is 15.6 Å². The van der Waals surface area contributed by atoms with Crippen LogP contribution >= 0.6 is 11.6 Å². The maximum absolute atomic E-state index is 13.3. The van der Waals surface area contributed by atoms with Crippen LogP contribution in [-0.4, -0.2) is 23.0 Å². The van der Waals surface area contributed by atoms with Gasteiger partial charge in [-0.2, -0.15) is 0 Å². The molecule has 0 unspecified atom stereocenters. The number of nitrogens with one attached hydrogen (secondary N) is 3. The SMILES string of the molecule is O=C(NC1CC(NCc2cc3ccccc3[nH]2)C1)c1cc(F)cc(Cl)c1. The molecule has 1 heterocycles. The smallest absolute Gasteiger partial charge is 0.251 e. The first kappa shape index (κ1) is 17.1. The largest absolute Gasteiger partial charge is 0.357 e. The highest BCUT2D eigenvalue weighted by Crippen LogP contribution is 2.22. The number of rotatable bonds is 5. The minimum absolute atomic E-state index is 0.102. The highest BCUT2D eigenvalue weighted by molar-refractivity contribution is 6.31. The van der Waals surface area contributed by atoms with Gasteiger partial charge in [-0.05, 0) is 48.6 Å². The molecular formula is C20H19ClFN3O. The van der Waals surface area contributed by atoms with E-state index in [9.17, 15) is 9.18 Å². The third-order valence-corrected chi connectivity index (χ3v) is 4.98. The summed E-state index contributed by atoms with van der Waals surface area (Å²) in [5.74, 6) is -0.792. The zero-order valence-corrected chi connectivity index (χ0v) is 14.8. The summed E-state index contributed by atoms with van der Waals surface area (Å²) in [4.78, 5) is 15.6. The topological polar surface area (TPSA) is 56.9 Å². The van der Waals surface area contributed by atoms with E-state index in [4.69, 9.17) is 11.6 Å². The van der Waals surface area contributed by atoms with Gasteiger partial charge in [-0.25, -0.2) is 4.39 Å². The zero-order chi connectivity index (χ0) is 18.1. The lowest BCUT2D eigenvalue weighted by Gasteiger charge is -2.36. The Bertz CT molecular complexity index is 896. The van der Waals surface area contributed by atoms with Crippen molar-refractivity contribution < 1.29 is 9.18 Å². The highest BCUT2D eigenvalue weighted by Gasteiger charge is 2.30. The van der Waals surface area contributed by atoms with Crippen LogP contribution in [0, 0.1) is 5.82 Å². The molecule has 0 bridgehead atoms. The van der Waals surface area contributed by atoms with E-state index in [1.165, 1.54) is 23.6 Å². The summed E-state index contributed by atoms with van der Waals surface area (Å²) in [6, 6.07) is 14.7. The monoisotopic (exact) mass is 371 g/mol. The van der Waals surface area contributed by atoms with Crippen LogP contribution in [-0.2, 0) is 6.54 Å². The van der Waals surface area contributed by atoms with E-state index < -0.39 is 5.82 Å². The van der Waals surface area contributed by atoms with Crippen molar-refractivity contribution in [1.29, 1.82) is 0 Å². The van der Waals surface area contributed by atoms with Gasteiger partial charge in [0.1, 0.15) is 5.82 Å². The molecule has 1 fully saturated rings. The summed E-state index contributed by atoms with van der Waals surface area (Å²) in [6.45, 7) is 0.763. The lowest BCUT2D eigenvalue weighted by molar-refractivity contribution is 0.0901. The second-order valence-corrected chi connectivity index (χ2v) is 7.20. The Hall–Kier alpha value is -2.37. The van der Waals surface area contributed by atoms with Gasteiger partial charge in [0, 0.05) is 40.4 Å². The molecular weight excluding hydrogens is 353 g/mol. The third-order valence-electron chi connectivity index (χ3n) is 4.76. The number of carbonyl (C=O) groups is 1. The summed E-state index contributed by atoms with van der Waals surface area (Å²) in [6.07, 6.45) is 1.71. The molecule has 0 radical (unpaired) electrons. The van der Waals surface area contributed by atoms with Crippen LogP contribution in [0.1, 0.15) is 28.9 Å². The molecule has 1 aliphatic rings. The Labute approximate surface area is 155 Å². The molecule has 4 rings (SSSR count). The lowest BCUT2D eigenvalue weighted by Crippen LogP contribution is -2.52. The first-order chi connectivity index (χ1) is 12.6. The quantitative estimate of drug-likeness (QED) is 0.634. The van der Waals surface area contributed by atoms with E-state index in [1.807, 2.05) is 12.1 Å². The molecule has 2 aromatic carbocycles. The number of halogens is 2. The number of H-pyrrole nitrogens is 1. The third kappa shape index (κ3) is 3.74. The predicted octanol–water partition coefficient (Wildman–Crippen LogP) is 4.01. The molecule has 1 saturated carbocycles.